The first-order valence-corrected chi connectivity index (χ1v) is 7.25. The Balaban J connectivity index is 0.00000121. The number of benzene rings is 1. The molecule has 2 aliphatic rings. The van der Waals surface area contributed by atoms with E-state index in [4.69, 9.17) is 14.2 Å². The van der Waals surface area contributed by atoms with Gasteiger partial charge in [-0.2, -0.15) is 0 Å². The van der Waals surface area contributed by atoms with E-state index in [9.17, 15) is 0 Å². The van der Waals surface area contributed by atoms with Crippen molar-refractivity contribution < 1.29 is 14.2 Å². The molecule has 0 radical (unpaired) electrons. The van der Waals surface area contributed by atoms with Gasteiger partial charge in [0.05, 0.1) is 7.11 Å². The second-order valence-electron chi connectivity index (χ2n) is 5.17. The van der Waals surface area contributed by atoms with Crippen LogP contribution in [0.15, 0.2) is 12.1 Å². The van der Waals surface area contributed by atoms with Crippen LogP contribution >= 0.6 is 24.8 Å². The van der Waals surface area contributed by atoms with Gasteiger partial charge in [0.15, 0.2) is 11.5 Å². The van der Waals surface area contributed by atoms with Gasteiger partial charge in [0.1, 0.15) is 0 Å². The van der Waals surface area contributed by atoms with Gasteiger partial charge in [-0.3, -0.25) is 4.90 Å². The first-order valence-electron chi connectivity index (χ1n) is 7.25. The van der Waals surface area contributed by atoms with Crippen LogP contribution in [0.4, 0.5) is 0 Å². The molecule has 0 unspecified atom stereocenters. The Labute approximate surface area is 144 Å². The van der Waals surface area contributed by atoms with E-state index in [2.05, 4.69) is 29.3 Å². The fraction of sp³-hybridized carbons (Fsp3) is 0.600. The Morgan fingerprint density at radius 2 is 1.95 bits per heavy atom. The summed E-state index contributed by atoms with van der Waals surface area (Å²) in [4.78, 5) is 2.52. The smallest absolute Gasteiger partial charge is 0.231 e. The normalized spacial score (nSPS) is 18.1. The molecule has 126 valence electrons. The maximum atomic E-state index is 5.53. The van der Waals surface area contributed by atoms with Crippen LogP contribution in [0.3, 0.4) is 0 Å². The highest BCUT2D eigenvalue weighted by Crippen LogP contribution is 2.44. The van der Waals surface area contributed by atoms with Crippen molar-refractivity contribution in [3.8, 4) is 17.2 Å². The minimum absolute atomic E-state index is 0. The van der Waals surface area contributed by atoms with Crippen molar-refractivity contribution in [2.24, 2.45) is 0 Å². The van der Waals surface area contributed by atoms with Crippen LogP contribution in [0.1, 0.15) is 24.9 Å². The highest BCUT2D eigenvalue weighted by atomic mass is 35.5. The van der Waals surface area contributed by atoms with E-state index in [0.717, 1.165) is 49.8 Å². The quantitative estimate of drug-likeness (QED) is 0.903. The van der Waals surface area contributed by atoms with Gasteiger partial charge < -0.3 is 19.5 Å². The summed E-state index contributed by atoms with van der Waals surface area (Å²) < 4.78 is 16.4. The Hall–Kier alpha value is -0.880. The fourth-order valence-corrected chi connectivity index (χ4v) is 3.04. The number of fused-ring (bicyclic) bond motifs is 1. The van der Waals surface area contributed by atoms with Crippen molar-refractivity contribution >= 4 is 24.8 Å². The van der Waals surface area contributed by atoms with Crippen molar-refractivity contribution in [2.75, 3.05) is 40.1 Å². The highest BCUT2D eigenvalue weighted by molar-refractivity contribution is 5.85. The standard InChI is InChI=1S/C15H22N2O3.2ClH/c1-3-12(17-6-4-16-5-7-17)11-8-13(18-2)15-14(9-11)19-10-20-15;;/h8-9,12,16H,3-7,10H2,1-2H3;2*1H/t12-;;/m0../s1. The van der Waals surface area contributed by atoms with Crippen LogP contribution in [0.5, 0.6) is 17.2 Å². The molecule has 1 aromatic carbocycles. The largest absolute Gasteiger partial charge is 0.493 e. The van der Waals surface area contributed by atoms with E-state index in [-0.39, 0.29) is 31.6 Å². The summed E-state index contributed by atoms with van der Waals surface area (Å²) in [6.07, 6.45) is 1.07. The molecule has 0 spiro atoms. The summed E-state index contributed by atoms with van der Waals surface area (Å²) in [7, 11) is 1.67. The van der Waals surface area contributed by atoms with Gasteiger partial charge >= 0.3 is 0 Å². The van der Waals surface area contributed by atoms with Gasteiger partial charge in [-0.1, -0.05) is 6.92 Å². The van der Waals surface area contributed by atoms with Crippen LogP contribution < -0.4 is 19.5 Å². The topological polar surface area (TPSA) is 43.0 Å². The molecule has 0 saturated carbocycles. The fourth-order valence-electron chi connectivity index (χ4n) is 3.04. The third-order valence-corrected chi connectivity index (χ3v) is 4.04. The van der Waals surface area contributed by atoms with Gasteiger partial charge in [-0.15, -0.1) is 24.8 Å². The predicted molar refractivity (Wildman–Crippen MR) is 91.1 cm³/mol. The summed E-state index contributed by atoms with van der Waals surface area (Å²) >= 11 is 0. The summed E-state index contributed by atoms with van der Waals surface area (Å²) in [6, 6.07) is 4.59. The zero-order valence-corrected chi connectivity index (χ0v) is 14.6. The molecule has 0 bridgehead atoms. The Kier molecular flexibility index (Phi) is 7.56. The molecule has 0 aliphatic carbocycles. The molecule has 1 N–H and O–H groups in total. The van der Waals surface area contributed by atoms with Crippen LogP contribution in [-0.2, 0) is 0 Å². The van der Waals surface area contributed by atoms with Crippen molar-refractivity contribution in [1.29, 1.82) is 0 Å². The molecule has 3 rings (SSSR count). The van der Waals surface area contributed by atoms with Gasteiger partial charge in [0.2, 0.25) is 12.5 Å². The summed E-state index contributed by atoms with van der Waals surface area (Å²) in [5.41, 5.74) is 1.25. The predicted octanol–water partition coefficient (Wildman–Crippen LogP) is 2.62. The lowest BCUT2D eigenvalue weighted by Gasteiger charge is -2.34. The molecule has 0 aromatic heterocycles. The number of nitrogens with one attached hydrogen (secondary N) is 1. The molecule has 1 aromatic rings. The maximum absolute atomic E-state index is 5.53. The van der Waals surface area contributed by atoms with E-state index in [1.165, 1.54) is 5.56 Å². The summed E-state index contributed by atoms with van der Waals surface area (Å²) in [5.74, 6) is 2.29. The van der Waals surface area contributed by atoms with Gasteiger partial charge in [-0.25, -0.2) is 0 Å². The van der Waals surface area contributed by atoms with E-state index in [1.807, 2.05) is 0 Å². The minimum Gasteiger partial charge on any atom is -0.493 e. The number of nitrogens with zero attached hydrogens (tertiary/aromatic N) is 1. The second-order valence-corrected chi connectivity index (χ2v) is 5.17. The first-order chi connectivity index (χ1) is 9.83. The number of methoxy groups -OCH3 is 1. The Morgan fingerprint density at radius 3 is 2.59 bits per heavy atom. The monoisotopic (exact) mass is 350 g/mol. The van der Waals surface area contributed by atoms with Crippen molar-refractivity contribution in [3.05, 3.63) is 17.7 Å². The number of rotatable bonds is 4. The third kappa shape index (κ3) is 3.71. The SMILES string of the molecule is CC[C@@H](c1cc(OC)c2c(c1)OCO2)N1CCNCC1.Cl.Cl. The van der Waals surface area contributed by atoms with Crippen molar-refractivity contribution in [3.63, 3.8) is 0 Å². The van der Waals surface area contributed by atoms with Crippen LogP contribution in [-0.4, -0.2) is 45.0 Å². The second kappa shape index (κ2) is 8.67. The molecule has 2 aliphatic heterocycles. The molecular formula is C15H24Cl2N2O3. The molecule has 0 amide bonds. The summed E-state index contributed by atoms with van der Waals surface area (Å²) in [6.45, 7) is 6.77. The highest BCUT2D eigenvalue weighted by Gasteiger charge is 2.26. The van der Waals surface area contributed by atoms with Gasteiger partial charge in [-0.05, 0) is 24.1 Å². The lowest BCUT2D eigenvalue weighted by Crippen LogP contribution is -2.45. The number of ether oxygens (including phenoxy) is 3. The molecule has 1 atom stereocenters. The molecule has 1 saturated heterocycles. The molecule has 7 heteroatoms. The lowest BCUT2D eigenvalue weighted by atomic mass is 10.0. The first kappa shape index (κ1) is 19.2. The Bertz CT molecular complexity index is 482. The zero-order chi connectivity index (χ0) is 13.9. The lowest BCUT2D eigenvalue weighted by molar-refractivity contribution is 0.167. The molecular weight excluding hydrogens is 327 g/mol. The number of halogens is 2. The van der Waals surface area contributed by atoms with Crippen LogP contribution in [0.25, 0.3) is 0 Å². The van der Waals surface area contributed by atoms with E-state index < -0.39 is 0 Å². The van der Waals surface area contributed by atoms with Crippen molar-refractivity contribution in [2.45, 2.75) is 19.4 Å². The molecule has 1 fully saturated rings. The third-order valence-electron chi connectivity index (χ3n) is 4.04. The zero-order valence-electron chi connectivity index (χ0n) is 13.0. The number of hydrogen-bond donors (Lipinski definition) is 1. The molecule has 5 nitrogen and oxygen atoms in total. The Morgan fingerprint density at radius 1 is 1.23 bits per heavy atom. The van der Waals surface area contributed by atoms with Crippen LogP contribution in [0, 0.1) is 0 Å². The van der Waals surface area contributed by atoms with Crippen molar-refractivity contribution in [1.82, 2.24) is 10.2 Å². The number of hydrogen-bond acceptors (Lipinski definition) is 5. The van der Waals surface area contributed by atoms with Gasteiger partial charge in [0, 0.05) is 32.2 Å². The maximum Gasteiger partial charge on any atom is 0.231 e. The van der Waals surface area contributed by atoms with Crippen LogP contribution in [0.2, 0.25) is 0 Å². The minimum atomic E-state index is 0. The average molecular weight is 351 g/mol. The van der Waals surface area contributed by atoms with E-state index in [1.54, 1.807) is 7.11 Å². The van der Waals surface area contributed by atoms with Gasteiger partial charge in [0.25, 0.3) is 0 Å². The molecule has 22 heavy (non-hydrogen) atoms. The molecule has 2 heterocycles. The summed E-state index contributed by atoms with van der Waals surface area (Å²) in [5, 5.41) is 3.40. The average Bonchev–Trinajstić information content (AvgIpc) is 2.97. The van der Waals surface area contributed by atoms with E-state index >= 15 is 0 Å². The van der Waals surface area contributed by atoms with E-state index in [0.29, 0.717) is 6.04 Å². The number of piperazine rings is 1.